The minimum absolute atomic E-state index is 0.0716. The van der Waals surface area contributed by atoms with Gasteiger partial charge in [0.2, 0.25) is 5.91 Å². The number of nitrogens with one attached hydrogen (secondary N) is 1. The van der Waals surface area contributed by atoms with Gasteiger partial charge in [-0.05, 0) is 57.8 Å². The number of phosphoric ester groups is 1. The van der Waals surface area contributed by atoms with Gasteiger partial charge in [-0.1, -0.05) is 267 Å². The van der Waals surface area contributed by atoms with Crippen LogP contribution in [0.1, 0.15) is 271 Å². The van der Waals surface area contributed by atoms with Gasteiger partial charge in [-0.3, -0.25) is 13.8 Å². The molecule has 0 spiro atoms. The molecule has 0 aliphatic heterocycles. The van der Waals surface area contributed by atoms with Gasteiger partial charge in [0.1, 0.15) is 13.2 Å². The SMILES string of the molecule is CC/C=C\C/C=C\C/C=C\C/C=C\C/C=C\CCCCCCCCCCCC(=O)NC(COP(=O)(O)OCC[N+](C)(C)C)C(O)CCCCCCCCCCCCCCCCCCCCCCCCC. The van der Waals surface area contributed by atoms with Crippen LogP contribution in [0.3, 0.4) is 0 Å². The van der Waals surface area contributed by atoms with Crippen molar-refractivity contribution < 1.29 is 32.9 Å². The van der Waals surface area contributed by atoms with E-state index >= 15 is 0 Å². The Morgan fingerprint density at radius 3 is 1.26 bits per heavy atom. The highest BCUT2D eigenvalue weighted by molar-refractivity contribution is 7.47. The largest absolute Gasteiger partial charge is 0.472 e. The summed E-state index contributed by atoms with van der Waals surface area (Å²) in [6.45, 7) is 4.80. The van der Waals surface area contributed by atoms with Crippen LogP contribution in [0.15, 0.2) is 60.8 Å². The van der Waals surface area contributed by atoms with Crippen LogP contribution < -0.4 is 5.32 Å². The third-order valence-electron chi connectivity index (χ3n) is 13.3. The fourth-order valence-corrected chi connectivity index (χ4v) is 9.40. The van der Waals surface area contributed by atoms with E-state index in [1.165, 1.54) is 167 Å². The monoisotopic (exact) mass is 1000 g/mol. The Morgan fingerprint density at radius 1 is 0.500 bits per heavy atom. The third-order valence-corrected chi connectivity index (χ3v) is 14.3. The summed E-state index contributed by atoms with van der Waals surface area (Å²) in [5, 5.41) is 14.1. The van der Waals surface area contributed by atoms with Crippen molar-refractivity contribution in [3.8, 4) is 0 Å². The molecule has 0 heterocycles. The number of aliphatic hydroxyl groups is 1. The average molecular weight is 1000 g/mol. The fraction of sp³-hybridized carbons (Fsp3) is 0.820. The lowest BCUT2D eigenvalue weighted by Crippen LogP contribution is -2.46. The molecule has 9 heteroatoms. The van der Waals surface area contributed by atoms with E-state index in [9.17, 15) is 19.4 Å². The lowest BCUT2D eigenvalue weighted by atomic mass is 10.0. The van der Waals surface area contributed by atoms with Crippen molar-refractivity contribution >= 4 is 13.7 Å². The normalized spacial score (nSPS) is 14.3. The van der Waals surface area contributed by atoms with Gasteiger partial charge in [0.15, 0.2) is 0 Å². The average Bonchev–Trinajstić information content (AvgIpc) is 3.32. The molecule has 70 heavy (non-hydrogen) atoms. The molecule has 0 saturated carbocycles. The summed E-state index contributed by atoms with van der Waals surface area (Å²) in [6, 6.07) is -0.768. The summed E-state index contributed by atoms with van der Waals surface area (Å²) in [5.74, 6) is -0.150. The van der Waals surface area contributed by atoms with Crippen LogP contribution in [0, 0.1) is 0 Å². The van der Waals surface area contributed by atoms with Crippen LogP contribution in [-0.4, -0.2) is 73.4 Å². The number of quaternary nitrogens is 1. The molecule has 0 saturated heterocycles. The first-order chi connectivity index (χ1) is 34.0. The number of hydrogen-bond acceptors (Lipinski definition) is 5. The number of aliphatic hydroxyl groups excluding tert-OH is 1. The quantitative estimate of drug-likeness (QED) is 0.0243. The second kappa shape index (κ2) is 52.1. The second-order valence-electron chi connectivity index (χ2n) is 21.3. The van der Waals surface area contributed by atoms with E-state index in [1.54, 1.807) is 0 Å². The molecule has 3 atom stereocenters. The van der Waals surface area contributed by atoms with Gasteiger partial charge < -0.3 is 19.8 Å². The molecule has 3 unspecified atom stereocenters. The van der Waals surface area contributed by atoms with Gasteiger partial charge in [-0.25, -0.2) is 4.57 Å². The zero-order valence-corrected chi connectivity index (χ0v) is 47.7. The molecular weight excluding hydrogens is 888 g/mol. The van der Waals surface area contributed by atoms with Crippen LogP contribution in [0.4, 0.5) is 0 Å². The molecule has 0 rings (SSSR count). The van der Waals surface area contributed by atoms with Crippen molar-refractivity contribution in [2.24, 2.45) is 0 Å². The molecule has 0 fully saturated rings. The Hall–Kier alpha value is -1.80. The van der Waals surface area contributed by atoms with Crippen molar-refractivity contribution in [2.75, 3.05) is 40.9 Å². The van der Waals surface area contributed by atoms with E-state index in [4.69, 9.17) is 9.05 Å². The standard InChI is InChI=1S/C61H115N2O6P/c1-6-8-10-12-14-16-18-20-22-24-26-28-30-31-33-35-37-39-41-43-45-47-49-51-53-55-61(65)62-59(58-69-70(66,67)68-57-56-63(3,4)5)60(64)54-52-50-48-46-44-42-40-38-36-34-32-29-27-25-23-21-19-17-15-13-11-9-7-2/h8,10,14,16,20,22,26,28,31,33,59-60,64H,6-7,9,11-13,15,17-19,21,23-25,27,29-30,32,34-58H2,1-5H3,(H-,62,65,66,67)/p+1/b10-8-,16-14-,22-20-,28-26-,33-31-. The van der Waals surface area contributed by atoms with Gasteiger partial charge in [-0.15, -0.1) is 0 Å². The van der Waals surface area contributed by atoms with Crippen LogP contribution >= 0.6 is 7.82 Å². The van der Waals surface area contributed by atoms with Gasteiger partial charge >= 0.3 is 7.82 Å². The lowest BCUT2D eigenvalue weighted by molar-refractivity contribution is -0.870. The van der Waals surface area contributed by atoms with E-state index in [-0.39, 0.29) is 19.1 Å². The predicted octanol–water partition coefficient (Wildman–Crippen LogP) is 18.1. The summed E-state index contributed by atoms with van der Waals surface area (Å²) < 4.78 is 23.8. The molecule has 0 bridgehead atoms. The number of unbranched alkanes of at least 4 members (excludes halogenated alkanes) is 31. The second-order valence-corrected chi connectivity index (χ2v) is 22.8. The Labute approximate surface area is 434 Å². The maximum Gasteiger partial charge on any atom is 0.472 e. The van der Waals surface area contributed by atoms with Crippen LogP contribution in [0.25, 0.3) is 0 Å². The lowest BCUT2D eigenvalue weighted by Gasteiger charge is -2.26. The van der Waals surface area contributed by atoms with Gasteiger partial charge in [0.25, 0.3) is 0 Å². The number of carbonyl (C=O) groups excluding carboxylic acids is 1. The fourth-order valence-electron chi connectivity index (χ4n) is 8.66. The number of amides is 1. The number of hydrogen-bond donors (Lipinski definition) is 3. The minimum atomic E-state index is -4.33. The molecule has 0 aliphatic carbocycles. The van der Waals surface area contributed by atoms with E-state index in [2.05, 4.69) is 79.9 Å². The Morgan fingerprint density at radius 2 is 0.857 bits per heavy atom. The first-order valence-corrected chi connectivity index (χ1v) is 31.1. The van der Waals surface area contributed by atoms with Gasteiger partial charge in [0, 0.05) is 6.42 Å². The molecule has 0 aromatic heterocycles. The van der Waals surface area contributed by atoms with Crippen molar-refractivity contribution in [1.29, 1.82) is 0 Å². The maximum atomic E-state index is 13.0. The van der Waals surface area contributed by atoms with Crippen molar-refractivity contribution in [3.05, 3.63) is 60.8 Å². The van der Waals surface area contributed by atoms with Crippen LogP contribution in [0.2, 0.25) is 0 Å². The molecule has 0 radical (unpaired) electrons. The zero-order valence-electron chi connectivity index (χ0n) is 46.8. The summed E-state index contributed by atoms with van der Waals surface area (Å²) >= 11 is 0. The smallest absolute Gasteiger partial charge is 0.391 e. The zero-order chi connectivity index (χ0) is 51.3. The summed E-state index contributed by atoms with van der Waals surface area (Å²) in [5.41, 5.74) is 0. The summed E-state index contributed by atoms with van der Waals surface area (Å²) in [4.78, 5) is 23.4. The number of rotatable bonds is 54. The number of phosphoric acid groups is 1. The molecule has 1 amide bonds. The molecule has 0 aromatic carbocycles. The molecule has 8 nitrogen and oxygen atoms in total. The van der Waals surface area contributed by atoms with E-state index in [1.807, 2.05) is 21.1 Å². The van der Waals surface area contributed by atoms with Crippen molar-refractivity contribution in [3.63, 3.8) is 0 Å². The van der Waals surface area contributed by atoms with E-state index < -0.39 is 20.0 Å². The number of carbonyl (C=O) groups is 1. The first kappa shape index (κ1) is 68.2. The number of allylic oxidation sites excluding steroid dienone is 10. The van der Waals surface area contributed by atoms with Crippen LogP contribution in [-0.2, 0) is 18.4 Å². The van der Waals surface area contributed by atoms with E-state index in [0.717, 1.165) is 77.0 Å². The predicted molar refractivity (Wildman–Crippen MR) is 304 cm³/mol. The maximum absolute atomic E-state index is 13.0. The molecule has 410 valence electrons. The Balaban J connectivity index is 4.18. The minimum Gasteiger partial charge on any atom is -0.391 e. The first-order valence-electron chi connectivity index (χ1n) is 29.7. The number of nitrogens with zero attached hydrogens (tertiary/aromatic N) is 1. The number of likely N-dealkylation sites (N-methyl/N-ethyl adjacent to an activating group) is 1. The van der Waals surface area contributed by atoms with Crippen LogP contribution in [0.5, 0.6) is 0 Å². The topological polar surface area (TPSA) is 105 Å². The molecule has 0 aromatic rings. The Bertz CT molecular complexity index is 1320. The third kappa shape index (κ3) is 54.0. The highest BCUT2D eigenvalue weighted by Crippen LogP contribution is 2.43. The molecule has 0 aliphatic rings. The highest BCUT2D eigenvalue weighted by Gasteiger charge is 2.28. The van der Waals surface area contributed by atoms with Crippen molar-refractivity contribution in [1.82, 2.24) is 5.32 Å². The summed E-state index contributed by atoms with van der Waals surface area (Å²) in [6.07, 6.45) is 69.9. The van der Waals surface area contributed by atoms with E-state index in [0.29, 0.717) is 23.9 Å². The van der Waals surface area contributed by atoms with Gasteiger partial charge in [-0.2, -0.15) is 0 Å². The highest BCUT2D eigenvalue weighted by atomic mass is 31.2. The van der Waals surface area contributed by atoms with Gasteiger partial charge in [0.05, 0.1) is 39.9 Å². The molecule has 3 N–H and O–H groups in total. The van der Waals surface area contributed by atoms with Crippen molar-refractivity contribution in [2.45, 2.75) is 283 Å². The Kier molecular flexibility index (Phi) is 50.7. The summed E-state index contributed by atoms with van der Waals surface area (Å²) in [7, 11) is 1.61. The molecular formula is C61H116N2O6P+.